The second-order valence-corrected chi connectivity index (χ2v) is 11.0. The first-order valence-electron chi connectivity index (χ1n) is 14.6. The molecule has 1 aliphatic rings. The van der Waals surface area contributed by atoms with Gasteiger partial charge in [0.1, 0.15) is 12.2 Å². The second kappa shape index (κ2) is 12.9. The fraction of sp³-hybridized carbons (Fsp3) is 0.194. The number of fused-ring (bicyclic) bond motifs is 2. The number of halogens is 1. The first-order chi connectivity index (χ1) is 21.9. The summed E-state index contributed by atoms with van der Waals surface area (Å²) >= 11 is 6.23. The van der Waals surface area contributed by atoms with Crippen molar-refractivity contribution in [3.63, 3.8) is 0 Å². The SMILES string of the molecule is CCCCOC(=O)c1ccc(N2C(=O)c3oc4ccc(Cl)cc4c(=O)c3C2c2ccc(OCc3ccccc3)c(OC)c2)cc1. The molecule has 6 rings (SSSR count). The van der Waals surface area contributed by atoms with Crippen LogP contribution in [-0.4, -0.2) is 25.6 Å². The minimum atomic E-state index is -0.869. The van der Waals surface area contributed by atoms with Gasteiger partial charge in [0.25, 0.3) is 5.91 Å². The Hall–Kier alpha value is -5.08. The highest BCUT2D eigenvalue weighted by atomic mass is 35.5. The highest BCUT2D eigenvalue weighted by molar-refractivity contribution is 6.31. The van der Waals surface area contributed by atoms with Crippen molar-refractivity contribution in [1.29, 1.82) is 0 Å². The van der Waals surface area contributed by atoms with Crippen molar-refractivity contribution in [3.05, 3.63) is 134 Å². The molecule has 1 atom stereocenters. The predicted octanol–water partition coefficient (Wildman–Crippen LogP) is 7.74. The number of esters is 1. The number of unbranched alkanes of at least 4 members (excludes halogenated alkanes) is 1. The Balaban J connectivity index is 1.43. The fourth-order valence-electron chi connectivity index (χ4n) is 5.39. The normalized spacial score (nSPS) is 14.0. The summed E-state index contributed by atoms with van der Waals surface area (Å²) < 4.78 is 23.1. The highest BCUT2D eigenvalue weighted by Gasteiger charge is 2.44. The molecule has 1 unspecified atom stereocenters. The lowest BCUT2D eigenvalue weighted by molar-refractivity contribution is 0.0499. The minimum absolute atomic E-state index is 0.0637. The van der Waals surface area contributed by atoms with Crippen LogP contribution in [0.4, 0.5) is 5.69 Å². The first kappa shape index (κ1) is 30.0. The Morgan fingerprint density at radius 1 is 0.933 bits per heavy atom. The molecule has 9 heteroatoms. The van der Waals surface area contributed by atoms with Gasteiger partial charge in [-0.2, -0.15) is 0 Å². The van der Waals surface area contributed by atoms with E-state index in [0.29, 0.717) is 46.5 Å². The molecule has 4 aromatic carbocycles. The lowest BCUT2D eigenvalue weighted by Gasteiger charge is -2.26. The monoisotopic (exact) mass is 623 g/mol. The van der Waals surface area contributed by atoms with Gasteiger partial charge in [-0.05, 0) is 72.1 Å². The Labute approximate surface area is 264 Å². The van der Waals surface area contributed by atoms with Crippen LogP contribution in [0.1, 0.15) is 63.4 Å². The predicted molar refractivity (Wildman–Crippen MR) is 172 cm³/mol. The number of nitrogens with zero attached hydrogens (tertiary/aromatic N) is 1. The Morgan fingerprint density at radius 3 is 2.44 bits per heavy atom. The lowest BCUT2D eigenvalue weighted by Crippen LogP contribution is -2.29. The topological polar surface area (TPSA) is 95.3 Å². The van der Waals surface area contributed by atoms with E-state index < -0.39 is 17.9 Å². The van der Waals surface area contributed by atoms with Crippen molar-refractivity contribution >= 4 is 40.1 Å². The molecule has 0 spiro atoms. The first-order valence-corrected chi connectivity index (χ1v) is 15.0. The summed E-state index contributed by atoms with van der Waals surface area (Å²) in [4.78, 5) is 42.1. The number of methoxy groups -OCH3 is 1. The summed E-state index contributed by atoms with van der Waals surface area (Å²) in [5, 5.41) is 0.635. The van der Waals surface area contributed by atoms with Crippen LogP contribution in [0.3, 0.4) is 0 Å². The van der Waals surface area contributed by atoms with Crippen molar-refractivity contribution in [3.8, 4) is 11.5 Å². The van der Waals surface area contributed by atoms with E-state index in [4.69, 9.17) is 30.2 Å². The molecule has 0 fully saturated rings. The van der Waals surface area contributed by atoms with Gasteiger partial charge in [-0.15, -0.1) is 0 Å². The van der Waals surface area contributed by atoms with Crippen LogP contribution in [-0.2, 0) is 11.3 Å². The molecule has 0 radical (unpaired) electrons. The molecular weight excluding hydrogens is 594 g/mol. The average molecular weight is 624 g/mol. The summed E-state index contributed by atoms with van der Waals surface area (Å²) in [6.07, 6.45) is 1.68. The Kier molecular flexibility index (Phi) is 8.58. The smallest absolute Gasteiger partial charge is 0.338 e. The average Bonchev–Trinajstić information content (AvgIpc) is 3.36. The third-order valence-electron chi connectivity index (χ3n) is 7.68. The minimum Gasteiger partial charge on any atom is -0.493 e. The highest BCUT2D eigenvalue weighted by Crippen LogP contribution is 2.43. The molecule has 8 nitrogen and oxygen atoms in total. The number of amides is 1. The van der Waals surface area contributed by atoms with Gasteiger partial charge in [-0.3, -0.25) is 14.5 Å². The molecule has 2 heterocycles. The van der Waals surface area contributed by atoms with Crippen LogP contribution in [0.25, 0.3) is 11.0 Å². The molecule has 45 heavy (non-hydrogen) atoms. The quantitative estimate of drug-likeness (QED) is 0.116. The van der Waals surface area contributed by atoms with E-state index in [1.165, 1.54) is 18.1 Å². The number of carbonyl (C=O) groups is 2. The van der Waals surface area contributed by atoms with E-state index in [-0.39, 0.29) is 27.7 Å². The van der Waals surface area contributed by atoms with Gasteiger partial charge in [-0.25, -0.2) is 4.79 Å². The van der Waals surface area contributed by atoms with E-state index in [9.17, 15) is 14.4 Å². The number of benzene rings is 4. The van der Waals surface area contributed by atoms with Crippen molar-refractivity contribution < 1.29 is 28.2 Å². The van der Waals surface area contributed by atoms with Crippen LogP contribution in [0.15, 0.2) is 100 Å². The van der Waals surface area contributed by atoms with Gasteiger partial charge in [0, 0.05) is 10.7 Å². The van der Waals surface area contributed by atoms with Crippen LogP contribution < -0.4 is 19.8 Å². The third-order valence-corrected chi connectivity index (χ3v) is 7.92. The number of hydrogen-bond acceptors (Lipinski definition) is 7. The lowest BCUT2D eigenvalue weighted by atomic mass is 9.97. The molecule has 228 valence electrons. The number of hydrogen-bond donors (Lipinski definition) is 0. The largest absolute Gasteiger partial charge is 0.493 e. The molecule has 0 N–H and O–H groups in total. The number of carbonyl (C=O) groups excluding carboxylic acids is 2. The molecule has 0 saturated carbocycles. The summed E-state index contributed by atoms with van der Waals surface area (Å²) in [7, 11) is 1.53. The molecular formula is C36H30ClNO7. The van der Waals surface area contributed by atoms with Crippen LogP contribution >= 0.6 is 11.6 Å². The van der Waals surface area contributed by atoms with Crippen LogP contribution in [0.2, 0.25) is 5.02 Å². The maximum atomic E-state index is 14.0. The molecule has 1 aromatic heterocycles. The molecule has 0 saturated heterocycles. The zero-order valence-electron chi connectivity index (χ0n) is 24.7. The molecule has 0 aliphatic carbocycles. The van der Waals surface area contributed by atoms with Crippen LogP contribution in [0.5, 0.6) is 11.5 Å². The summed E-state index contributed by atoms with van der Waals surface area (Å²) in [6.45, 7) is 2.68. The van der Waals surface area contributed by atoms with Gasteiger partial charge in [0.05, 0.1) is 36.3 Å². The van der Waals surface area contributed by atoms with Crippen molar-refractivity contribution in [1.82, 2.24) is 0 Å². The van der Waals surface area contributed by atoms with Gasteiger partial charge in [0.15, 0.2) is 16.9 Å². The summed E-state index contributed by atoms with van der Waals surface area (Å²) in [5.74, 6) is -0.0673. The Morgan fingerprint density at radius 2 is 1.71 bits per heavy atom. The number of rotatable bonds is 10. The van der Waals surface area contributed by atoms with Gasteiger partial charge in [-0.1, -0.05) is 61.3 Å². The van der Waals surface area contributed by atoms with E-state index in [1.807, 2.05) is 37.3 Å². The zero-order valence-corrected chi connectivity index (χ0v) is 25.5. The molecule has 1 amide bonds. The van der Waals surface area contributed by atoms with Crippen molar-refractivity contribution in [2.45, 2.75) is 32.4 Å². The van der Waals surface area contributed by atoms with Gasteiger partial charge in [0.2, 0.25) is 5.76 Å². The van der Waals surface area contributed by atoms with E-state index in [0.717, 1.165) is 18.4 Å². The fourth-order valence-corrected chi connectivity index (χ4v) is 5.56. The standard InChI is InChI=1S/C36H30ClNO7/c1-3-4-18-43-36(41)23-10-14-26(15-11-23)38-32(31-33(39)27-20-25(37)13-17-28(27)45-34(31)35(38)40)24-12-16-29(30(19-24)42-2)44-21-22-8-6-5-7-9-22/h5-17,19-20,32H,3-4,18,21H2,1-2H3. The van der Waals surface area contributed by atoms with Crippen molar-refractivity contribution in [2.75, 3.05) is 18.6 Å². The maximum Gasteiger partial charge on any atom is 0.338 e. The molecule has 5 aromatic rings. The molecule has 0 bridgehead atoms. The maximum absolute atomic E-state index is 14.0. The van der Waals surface area contributed by atoms with Crippen molar-refractivity contribution in [2.24, 2.45) is 0 Å². The van der Waals surface area contributed by atoms with E-state index in [1.54, 1.807) is 54.6 Å². The van der Waals surface area contributed by atoms with Crippen LogP contribution in [0, 0.1) is 0 Å². The third kappa shape index (κ3) is 5.89. The number of ether oxygens (including phenoxy) is 3. The Bertz CT molecular complexity index is 1940. The molecule has 1 aliphatic heterocycles. The van der Waals surface area contributed by atoms with Gasteiger partial charge < -0.3 is 18.6 Å². The summed E-state index contributed by atoms with van der Waals surface area (Å²) in [5.41, 5.74) is 2.48. The second-order valence-electron chi connectivity index (χ2n) is 10.6. The zero-order chi connectivity index (χ0) is 31.5. The van der Waals surface area contributed by atoms with E-state index >= 15 is 0 Å². The van der Waals surface area contributed by atoms with E-state index in [2.05, 4.69) is 0 Å². The van der Waals surface area contributed by atoms with Gasteiger partial charge >= 0.3 is 5.97 Å². The summed E-state index contributed by atoms with van der Waals surface area (Å²) in [6, 6.07) is 25.4. The number of anilines is 1.